The monoisotopic (exact) mass is 333 g/mol. The normalized spacial score (nSPS) is 14.7. The maximum atomic E-state index is 12.0. The van der Waals surface area contributed by atoms with E-state index in [-0.39, 0.29) is 25.4 Å². The van der Waals surface area contributed by atoms with Gasteiger partial charge in [0, 0.05) is 13.1 Å². The molecule has 1 fully saturated rings. The third-order valence-corrected chi connectivity index (χ3v) is 3.42. The highest BCUT2D eigenvalue weighted by Gasteiger charge is 2.31. The highest BCUT2D eigenvalue weighted by atomic mass is 16.5. The van der Waals surface area contributed by atoms with Gasteiger partial charge in [0.2, 0.25) is 5.91 Å². The number of carbonyl (C=O) groups is 4. The van der Waals surface area contributed by atoms with E-state index in [1.165, 1.54) is 6.92 Å². The fourth-order valence-electron chi connectivity index (χ4n) is 2.21. The first kappa shape index (κ1) is 17.5. The Morgan fingerprint density at radius 3 is 2.62 bits per heavy atom. The minimum absolute atomic E-state index is 0.149. The zero-order chi connectivity index (χ0) is 17.5. The smallest absolute Gasteiger partial charge is 0.326 e. The number of hydrogen-bond donors (Lipinski definition) is 2. The molecule has 4 amide bonds. The molecule has 8 heteroatoms. The summed E-state index contributed by atoms with van der Waals surface area (Å²) in [6.07, 6.45) is -0.941. The quantitative estimate of drug-likeness (QED) is 0.703. The van der Waals surface area contributed by atoms with Crippen molar-refractivity contribution in [2.24, 2.45) is 0 Å². The second kappa shape index (κ2) is 8.09. The zero-order valence-electron chi connectivity index (χ0n) is 13.3. The minimum Gasteiger partial charge on any atom is -0.451 e. The minimum atomic E-state index is -1.09. The molecule has 0 saturated carbocycles. The van der Waals surface area contributed by atoms with Crippen LogP contribution < -0.4 is 10.6 Å². The van der Waals surface area contributed by atoms with Crippen LogP contribution in [0.2, 0.25) is 0 Å². The van der Waals surface area contributed by atoms with Gasteiger partial charge in [-0.3, -0.25) is 19.3 Å². The number of esters is 1. The second-order valence-corrected chi connectivity index (χ2v) is 5.29. The van der Waals surface area contributed by atoms with Crippen LogP contribution in [0.5, 0.6) is 0 Å². The van der Waals surface area contributed by atoms with Crippen molar-refractivity contribution >= 4 is 23.8 Å². The number of ether oxygens (including phenoxy) is 1. The number of hydrogen-bond acceptors (Lipinski definition) is 5. The van der Waals surface area contributed by atoms with Crippen LogP contribution in [-0.4, -0.2) is 54.5 Å². The Morgan fingerprint density at radius 1 is 1.29 bits per heavy atom. The third kappa shape index (κ3) is 4.80. The lowest BCUT2D eigenvalue weighted by atomic mass is 10.1. The molecule has 0 spiro atoms. The predicted molar refractivity (Wildman–Crippen MR) is 83.8 cm³/mol. The van der Waals surface area contributed by atoms with Crippen LogP contribution in [0.15, 0.2) is 30.3 Å². The molecule has 1 atom stereocenters. The van der Waals surface area contributed by atoms with Gasteiger partial charge >= 0.3 is 12.0 Å². The number of carbonyl (C=O) groups excluding carboxylic acids is 4. The molecule has 0 radical (unpaired) electrons. The van der Waals surface area contributed by atoms with E-state index in [9.17, 15) is 19.2 Å². The van der Waals surface area contributed by atoms with Gasteiger partial charge in [-0.05, 0) is 12.5 Å². The van der Waals surface area contributed by atoms with Gasteiger partial charge in [0.15, 0.2) is 6.10 Å². The van der Waals surface area contributed by atoms with Crippen molar-refractivity contribution in [2.45, 2.75) is 19.4 Å². The molecule has 1 aliphatic rings. The highest BCUT2D eigenvalue weighted by molar-refractivity contribution is 5.98. The zero-order valence-corrected chi connectivity index (χ0v) is 13.3. The molecule has 128 valence electrons. The lowest BCUT2D eigenvalue weighted by molar-refractivity contribution is -0.157. The van der Waals surface area contributed by atoms with Gasteiger partial charge in [0.25, 0.3) is 5.91 Å². The molecule has 0 bridgehead atoms. The standard InChI is InChI=1S/C16H19N3O5/c1-11(15(22)19-8-7-17-16(19)23)24-14(21)10-18-13(20)9-12-5-3-2-4-6-12/h2-6,11H,7-10H2,1H3,(H,17,23)(H,18,20)/t11-/m1/s1. The highest BCUT2D eigenvalue weighted by Crippen LogP contribution is 2.04. The van der Waals surface area contributed by atoms with E-state index < -0.39 is 24.0 Å². The number of imide groups is 1. The van der Waals surface area contributed by atoms with E-state index in [4.69, 9.17) is 4.74 Å². The van der Waals surface area contributed by atoms with Crippen LogP contribution in [0, 0.1) is 0 Å². The molecule has 2 rings (SSSR count). The first-order valence-corrected chi connectivity index (χ1v) is 7.56. The molecule has 1 aromatic carbocycles. The maximum absolute atomic E-state index is 12.0. The van der Waals surface area contributed by atoms with Gasteiger partial charge in [0.05, 0.1) is 6.42 Å². The van der Waals surface area contributed by atoms with Crippen LogP contribution in [0.4, 0.5) is 4.79 Å². The summed E-state index contributed by atoms with van der Waals surface area (Å²) in [5.41, 5.74) is 0.826. The predicted octanol–water partition coefficient (Wildman–Crippen LogP) is -0.171. The summed E-state index contributed by atoms with van der Waals surface area (Å²) in [5, 5.41) is 4.93. The van der Waals surface area contributed by atoms with Gasteiger partial charge in [-0.2, -0.15) is 0 Å². The van der Waals surface area contributed by atoms with Crippen molar-refractivity contribution in [3.05, 3.63) is 35.9 Å². The fourth-order valence-corrected chi connectivity index (χ4v) is 2.21. The number of benzene rings is 1. The summed E-state index contributed by atoms with van der Waals surface area (Å²) < 4.78 is 4.95. The molecule has 1 aliphatic heterocycles. The molecule has 8 nitrogen and oxygen atoms in total. The summed E-state index contributed by atoms with van der Waals surface area (Å²) >= 11 is 0. The molecular formula is C16H19N3O5. The number of nitrogens with zero attached hydrogens (tertiary/aromatic N) is 1. The van der Waals surface area contributed by atoms with E-state index in [0.717, 1.165) is 10.5 Å². The average molecular weight is 333 g/mol. The van der Waals surface area contributed by atoms with Crippen molar-refractivity contribution < 1.29 is 23.9 Å². The molecule has 1 saturated heterocycles. The lowest BCUT2D eigenvalue weighted by Crippen LogP contribution is -2.43. The molecule has 1 aromatic rings. The Kier molecular flexibility index (Phi) is 5.89. The summed E-state index contributed by atoms with van der Waals surface area (Å²) in [6.45, 7) is 1.67. The van der Waals surface area contributed by atoms with Crippen molar-refractivity contribution in [3.8, 4) is 0 Å². The Hall–Kier alpha value is -2.90. The molecule has 0 aromatic heterocycles. The lowest BCUT2D eigenvalue weighted by Gasteiger charge is -2.18. The Balaban J connectivity index is 1.73. The van der Waals surface area contributed by atoms with Crippen molar-refractivity contribution in [1.29, 1.82) is 0 Å². The molecule has 24 heavy (non-hydrogen) atoms. The van der Waals surface area contributed by atoms with Crippen LogP contribution in [0.25, 0.3) is 0 Å². The second-order valence-electron chi connectivity index (χ2n) is 5.29. The summed E-state index contributed by atoms with van der Waals surface area (Å²) in [6, 6.07) is 8.59. The Labute approximate surface area is 139 Å². The number of rotatable bonds is 6. The van der Waals surface area contributed by atoms with E-state index >= 15 is 0 Å². The van der Waals surface area contributed by atoms with Gasteiger partial charge in [-0.1, -0.05) is 30.3 Å². The van der Waals surface area contributed by atoms with Gasteiger partial charge < -0.3 is 15.4 Å². The van der Waals surface area contributed by atoms with Gasteiger partial charge in [0.1, 0.15) is 6.54 Å². The first-order valence-electron chi connectivity index (χ1n) is 7.56. The van der Waals surface area contributed by atoms with Gasteiger partial charge in [-0.15, -0.1) is 0 Å². The molecule has 0 aliphatic carbocycles. The summed E-state index contributed by atoms with van der Waals surface area (Å²) in [7, 11) is 0. The van der Waals surface area contributed by atoms with Gasteiger partial charge in [-0.25, -0.2) is 4.79 Å². The molecular weight excluding hydrogens is 314 g/mol. The average Bonchev–Trinajstić information content (AvgIpc) is 2.99. The van der Waals surface area contributed by atoms with Crippen LogP contribution in [0.3, 0.4) is 0 Å². The third-order valence-electron chi connectivity index (χ3n) is 3.42. The Morgan fingerprint density at radius 2 is 2.00 bits per heavy atom. The first-order chi connectivity index (χ1) is 11.5. The van der Waals surface area contributed by atoms with E-state index in [2.05, 4.69) is 10.6 Å². The molecule has 1 heterocycles. The molecule has 2 N–H and O–H groups in total. The summed E-state index contributed by atoms with van der Waals surface area (Å²) in [5.74, 6) is -1.65. The van der Waals surface area contributed by atoms with Crippen LogP contribution in [-0.2, 0) is 25.5 Å². The number of nitrogens with one attached hydrogen (secondary N) is 2. The van der Waals surface area contributed by atoms with Crippen LogP contribution in [0.1, 0.15) is 12.5 Å². The van der Waals surface area contributed by atoms with Crippen molar-refractivity contribution in [3.63, 3.8) is 0 Å². The van der Waals surface area contributed by atoms with Crippen molar-refractivity contribution in [1.82, 2.24) is 15.5 Å². The van der Waals surface area contributed by atoms with E-state index in [1.54, 1.807) is 12.1 Å². The van der Waals surface area contributed by atoms with E-state index in [1.807, 2.05) is 18.2 Å². The Bertz CT molecular complexity index is 632. The number of urea groups is 1. The SMILES string of the molecule is C[C@@H](OC(=O)CNC(=O)Cc1ccccc1)C(=O)N1CCNC1=O. The largest absolute Gasteiger partial charge is 0.451 e. The molecule has 0 unspecified atom stereocenters. The van der Waals surface area contributed by atoms with Crippen molar-refractivity contribution in [2.75, 3.05) is 19.6 Å². The fraction of sp³-hybridized carbons (Fsp3) is 0.375. The van der Waals surface area contributed by atoms with Crippen LogP contribution >= 0.6 is 0 Å². The van der Waals surface area contributed by atoms with E-state index in [0.29, 0.717) is 6.54 Å². The maximum Gasteiger partial charge on any atom is 0.326 e. The number of amides is 4. The topological polar surface area (TPSA) is 105 Å². The summed E-state index contributed by atoms with van der Waals surface area (Å²) in [4.78, 5) is 47.8.